The SMILES string of the molecule is c1ccc(-c2ccccc2-c2cc(-c3cccc(-c4ccc5c6ccccc6n(-c6ccccc6)c5c4)c3)nc(-c3c4ccccc4cc4c3ccc3ccccc34)n2)cc1. The van der Waals surface area contributed by atoms with E-state index in [9.17, 15) is 0 Å². The van der Waals surface area contributed by atoms with Crippen LogP contribution in [-0.4, -0.2) is 14.5 Å². The second-order valence-corrected chi connectivity index (χ2v) is 15.7. The van der Waals surface area contributed by atoms with Crippen molar-refractivity contribution in [3.63, 3.8) is 0 Å². The van der Waals surface area contributed by atoms with Crippen LogP contribution >= 0.6 is 0 Å². The number of nitrogens with zero attached hydrogens (tertiary/aromatic N) is 3. The summed E-state index contributed by atoms with van der Waals surface area (Å²) < 4.78 is 2.38. The molecule has 0 saturated carbocycles. The number of hydrogen-bond acceptors (Lipinski definition) is 2. The van der Waals surface area contributed by atoms with Crippen LogP contribution in [0.4, 0.5) is 0 Å². The van der Waals surface area contributed by atoms with E-state index in [0.29, 0.717) is 5.82 Å². The molecule has 0 spiro atoms. The molecule has 12 aromatic rings. The molecule has 284 valence electrons. The highest BCUT2D eigenvalue weighted by atomic mass is 15.0. The van der Waals surface area contributed by atoms with Crippen LogP contribution in [0.5, 0.6) is 0 Å². The molecule has 0 aliphatic heterocycles. The van der Waals surface area contributed by atoms with Crippen molar-refractivity contribution in [3.8, 4) is 61.8 Å². The fraction of sp³-hybridized carbons (Fsp3) is 0. The van der Waals surface area contributed by atoms with Crippen molar-refractivity contribution < 1.29 is 0 Å². The molecular formula is C58H37N3. The number of fused-ring (bicyclic) bond motifs is 7. The van der Waals surface area contributed by atoms with Crippen LogP contribution in [-0.2, 0) is 0 Å². The molecule has 12 rings (SSSR count). The standard InChI is InChI=1S/C58H37N3/c1-3-16-38(17-4-1)45-24-11-12-27-48(45)54-37-53(59-58(60-54)57-47-26-10-8-19-42(47)35-52-46-25-9-7-18-39(46)30-33-51(52)57)43-21-15-20-40(34-43)41-31-32-50-49-28-13-14-29-55(49)61(56(50)36-41)44-22-5-2-6-23-44/h1-37H. The minimum Gasteiger partial charge on any atom is -0.309 e. The molecule has 0 radical (unpaired) electrons. The van der Waals surface area contributed by atoms with Crippen molar-refractivity contribution in [1.82, 2.24) is 14.5 Å². The molecule has 10 aromatic carbocycles. The van der Waals surface area contributed by atoms with Crippen LogP contribution in [0.1, 0.15) is 0 Å². The zero-order valence-electron chi connectivity index (χ0n) is 33.2. The van der Waals surface area contributed by atoms with Gasteiger partial charge < -0.3 is 4.57 Å². The van der Waals surface area contributed by atoms with Gasteiger partial charge in [0.1, 0.15) is 0 Å². The Morgan fingerprint density at radius 1 is 0.295 bits per heavy atom. The van der Waals surface area contributed by atoms with Crippen LogP contribution < -0.4 is 0 Å². The van der Waals surface area contributed by atoms with Crippen molar-refractivity contribution in [1.29, 1.82) is 0 Å². The summed E-state index contributed by atoms with van der Waals surface area (Å²) in [5.74, 6) is 0.701. The monoisotopic (exact) mass is 775 g/mol. The molecular weight excluding hydrogens is 739 g/mol. The molecule has 0 fully saturated rings. The molecule has 0 aliphatic rings. The third-order valence-electron chi connectivity index (χ3n) is 12.2. The highest BCUT2D eigenvalue weighted by Crippen LogP contribution is 2.42. The zero-order chi connectivity index (χ0) is 40.3. The minimum atomic E-state index is 0.701. The lowest BCUT2D eigenvalue weighted by molar-refractivity contribution is 1.18. The Bertz CT molecular complexity index is 3640. The van der Waals surface area contributed by atoms with E-state index in [2.05, 4.69) is 229 Å². The Labute approximate surface area is 353 Å². The van der Waals surface area contributed by atoms with Gasteiger partial charge in [0.25, 0.3) is 0 Å². The van der Waals surface area contributed by atoms with E-state index < -0.39 is 0 Å². The Hall–Kier alpha value is -8.14. The maximum absolute atomic E-state index is 5.53. The van der Waals surface area contributed by atoms with E-state index in [0.717, 1.165) is 72.2 Å². The first-order chi connectivity index (χ1) is 30.2. The lowest BCUT2D eigenvalue weighted by Gasteiger charge is -2.16. The van der Waals surface area contributed by atoms with Crippen LogP contribution in [0.2, 0.25) is 0 Å². The fourth-order valence-corrected chi connectivity index (χ4v) is 9.35. The molecule has 2 aromatic heterocycles. The summed E-state index contributed by atoms with van der Waals surface area (Å²) >= 11 is 0. The van der Waals surface area contributed by atoms with Gasteiger partial charge in [-0.3, -0.25) is 0 Å². The molecule has 0 aliphatic carbocycles. The van der Waals surface area contributed by atoms with Crippen LogP contribution in [0, 0.1) is 0 Å². The Kier molecular flexibility index (Phi) is 8.17. The zero-order valence-corrected chi connectivity index (χ0v) is 33.2. The smallest absolute Gasteiger partial charge is 0.161 e. The number of para-hydroxylation sites is 2. The lowest BCUT2D eigenvalue weighted by atomic mass is 9.92. The third kappa shape index (κ3) is 5.90. The van der Waals surface area contributed by atoms with E-state index in [1.165, 1.54) is 38.0 Å². The molecule has 0 unspecified atom stereocenters. The highest BCUT2D eigenvalue weighted by molar-refractivity contribution is 6.19. The molecule has 3 nitrogen and oxygen atoms in total. The van der Waals surface area contributed by atoms with E-state index in [4.69, 9.17) is 9.97 Å². The normalized spacial score (nSPS) is 11.6. The van der Waals surface area contributed by atoms with E-state index >= 15 is 0 Å². The van der Waals surface area contributed by atoms with Gasteiger partial charge in [-0.25, -0.2) is 9.97 Å². The number of hydrogen-bond donors (Lipinski definition) is 0. The summed E-state index contributed by atoms with van der Waals surface area (Å²) in [7, 11) is 0. The first-order valence-electron chi connectivity index (χ1n) is 20.8. The van der Waals surface area contributed by atoms with Gasteiger partial charge in [0.2, 0.25) is 0 Å². The van der Waals surface area contributed by atoms with E-state index in [1.807, 2.05) is 0 Å². The molecule has 0 bridgehead atoms. The summed E-state index contributed by atoms with van der Waals surface area (Å²) in [5, 5.41) is 9.51. The Morgan fingerprint density at radius 2 is 0.902 bits per heavy atom. The quantitative estimate of drug-likeness (QED) is 0.124. The predicted octanol–water partition coefficient (Wildman–Crippen LogP) is 15.4. The Balaban J connectivity index is 1.09. The van der Waals surface area contributed by atoms with Gasteiger partial charge in [-0.15, -0.1) is 0 Å². The second-order valence-electron chi connectivity index (χ2n) is 15.7. The minimum absolute atomic E-state index is 0.701. The molecule has 2 heterocycles. The van der Waals surface area contributed by atoms with Gasteiger partial charge in [-0.2, -0.15) is 0 Å². The van der Waals surface area contributed by atoms with Crippen molar-refractivity contribution in [2.75, 3.05) is 0 Å². The van der Waals surface area contributed by atoms with E-state index in [1.54, 1.807) is 0 Å². The van der Waals surface area contributed by atoms with Crippen LogP contribution in [0.15, 0.2) is 224 Å². The first kappa shape index (κ1) is 34.9. The molecule has 3 heteroatoms. The van der Waals surface area contributed by atoms with Crippen molar-refractivity contribution >= 4 is 54.1 Å². The van der Waals surface area contributed by atoms with Crippen LogP contribution in [0.25, 0.3) is 116 Å². The van der Waals surface area contributed by atoms with Crippen molar-refractivity contribution in [2.45, 2.75) is 0 Å². The second kappa shape index (κ2) is 14.3. The summed E-state index contributed by atoms with van der Waals surface area (Å²) in [5.41, 5.74) is 12.9. The average Bonchev–Trinajstić information content (AvgIpc) is 3.67. The van der Waals surface area contributed by atoms with Gasteiger partial charge in [0, 0.05) is 33.2 Å². The predicted molar refractivity (Wildman–Crippen MR) is 256 cm³/mol. The van der Waals surface area contributed by atoms with Crippen molar-refractivity contribution in [2.24, 2.45) is 0 Å². The van der Waals surface area contributed by atoms with E-state index in [-0.39, 0.29) is 0 Å². The number of rotatable bonds is 6. The first-order valence-corrected chi connectivity index (χ1v) is 20.8. The van der Waals surface area contributed by atoms with Gasteiger partial charge >= 0.3 is 0 Å². The van der Waals surface area contributed by atoms with Gasteiger partial charge in [0.15, 0.2) is 5.82 Å². The summed E-state index contributed by atoms with van der Waals surface area (Å²) in [6.45, 7) is 0. The highest BCUT2D eigenvalue weighted by Gasteiger charge is 2.20. The average molecular weight is 776 g/mol. The Morgan fingerprint density at radius 3 is 1.75 bits per heavy atom. The van der Waals surface area contributed by atoms with Crippen LogP contribution in [0.3, 0.4) is 0 Å². The van der Waals surface area contributed by atoms with Gasteiger partial charge in [0.05, 0.1) is 22.4 Å². The van der Waals surface area contributed by atoms with Crippen molar-refractivity contribution in [3.05, 3.63) is 224 Å². The molecule has 0 saturated heterocycles. The summed E-state index contributed by atoms with van der Waals surface area (Å²) in [6.07, 6.45) is 0. The molecule has 0 N–H and O–H groups in total. The maximum Gasteiger partial charge on any atom is 0.161 e. The fourth-order valence-electron chi connectivity index (χ4n) is 9.35. The lowest BCUT2D eigenvalue weighted by Crippen LogP contribution is -1.99. The molecule has 61 heavy (non-hydrogen) atoms. The molecule has 0 amide bonds. The van der Waals surface area contributed by atoms with Gasteiger partial charge in [-0.05, 0) is 97.0 Å². The summed E-state index contributed by atoms with van der Waals surface area (Å²) in [4.78, 5) is 11.1. The largest absolute Gasteiger partial charge is 0.309 e. The topological polar surface area (TPSA) is 30.7 Å². The number of aromatic nitrogens is 3. The molecule has 0 atom stereocenters. The third-order valence-corrected chi connectivity index (χ3v) is 12.2. The maximum atomic E-state index is 5.53. The van der Waals surface area contributed by atoms with Gasteiger partial charge in [-0.1, -0.05) is 182 Å². The summed E-state index contributed by atoms with van der Waals surface area (Å²) in [6, 6.07) is 80.4. The number of benzene rings is 10.